The van der Waals surface area contributed by atoms with E-state index >= 15 is 0 Å². The lowest BCUT2D eigenvalue weighted by molar-refractivity contribution is 0.137. The summed E-state index contributed by atoms with van der Waals surface area (Å²) in [5.41, 5.74) is 1.35. The number of ether oxygens (including phenoxy) is 1. The van der Waals surface area contributed by atoms with Crippen molar-refractivity contribution in [1.82, 2.24) is 5.32 Å². The average molecular weight is 276 g/mol. The molecule has 1 aliphatic heterocycles. The molecule has 0 bridgehead atoms. The van der Waals surface area contributed by atoms with Crippen molar-refractivity contribution >= 4 is 5.69 Å². The first kappa shape index (κ1) is 15.3. The fourth-order valence-corrected chi connectivity index (χ4v) is 2.86. The van der Waals surface area contributed by atoms with E-state index in [9.17, 15) is 0 Å². The Morgan fingerprint density at radius 1 is 1.20 bits per heavy atom. The smallest absolute Gasteiger partial charge is 0.0618 e. The maximum atomic E-state index is 5.32. The number of piperidine rings is 1. The Labute approximate surface area is 123 Å². The lowest BCUT2D eigenvalue weighted by Crippen LogP contribution is -2.49. The molecule has 1 N–H and O–H groups in total. The van der Waals surface area contributed by atoms with Crippen molar-refractivity contribution in [2.24, 2.45) is 5.92 Å². The average Bonchev–Trinajstić information content (AvgIpc) is 2.48. The molecule has 1 fully saturated rings. The van der Waals surface area contributed by atoms with Gasteiger partial charge in [0.1, 0.15) is 0 Å². The second-order valence-corrected chi connectivity index (χ2v) is 6.07. The molecule has 0 aliphatic carbocycles. The van der Waals surface area contributed by atoms with Crippen LogP contribution in [0.3, 0.4) is 0 Å². The highest BCUT2D eigenvalue weighted by molar-refractivity contribution is 5.46. The Morgan fingerprint density at radius 3 is 2.40 bits per heavy atom. The van der Waals surface area contributed by atoms with Crippen LogP contribution in [0.2, 0.25) is 0 Å². The summed E-state index contributed by atoms with van der Waals surface area (Å²) in [5, 5.41) is 3.78. The van der Waals surface area contributed by atoms with Crippen LogP contribution >= 0.6 is 0 Å². The van der Waals surface area contributed by atoms with Gasteiger partial charge in [-0.05, 0) is 30.9 Å². The van der Waals surface area contributed by atoms with Crippen LogP contribution in [0.4, 0.5) is 5.69 Å². The van der Waals surface area contributed by atoms with E-state index in [-0.39, 0.29) is 0 Å². The lowest BCUT2D eigenvalue weighted by Gasteiger charge is -2.36. The van der Waals surface area contributed by atoms with Gasteiger partial charge < -0.3 is 15.0 Å². The van der Waals surface area contributed by atoms with Gasteiger partial charge in [0.25, 0.3) is 0 Å². The van der Waals surface area contributed by atoms with Crippen molar-refractivity contribution in [2.45, 2.75) is 38.8 Å². The maximum Gasteiger partial charge on any atom is 0.0618 e. The van der Waals surface area contributed by atoms with E-state index < -0.39 is 0 Å². The third-order valence-electron chi connectivity index (χ3n) is 4.22. The number of methoxy groups -OCH3 is 1. The van der Waals surface area contributed by atoms with Gasteiger partial charge in [-0.1, -0.05) is 32.0 Å². The van der Waals surface area contributed by atoms with Gasteiger partial charge in [-0.3, -0.25) is 0 Å². The van der Waals surface area contributed by atoms with Crippen molar-refractivity contribution in [3.05, 3.63) is 30.3 Å². The lowest BCUT2D eigenvalue weighted by atomic mass is 9.99. The van der Waals surface area contributed by atoms with Crippen molar-refractivity contribution in [2.75, 3.05) is 31.7 Å². The van der Waals surface area contributed by atoms with Gasteiger partial charge in [-0.15, -0.1) is 0 Å². The fourth-order valence-electron chi connectivity index (χ4n) is 2.86. The fraction of sp³-hybridized carbons (Fsp3) is 0.647. The van der Waals surface area contributed by atoms with Gasteiger partial charge in [0, 0.05) is 38.0 Å². The number of nitrogens with zero attached hydrogens (tertiary/aromatic N) is 1. The summed E-state index contributed by atoms with van der Waals surface area (Å²) in [5.74, 6) is 0.613. The molecule has 1 atom stereocenters. The van der Waals surface area contributed by atoms with Gasteiger partial charge in [0.2, 0.25) is 0 Å². The molecule has 1 saturated heterocycles. The number of nitrogens with one attached hydrogen (secondary N) is 1. The molecule has 1 heterocycles. The first-order valence-electron chi connectivity index (χ1n) is 7.75. The summed E-state index contributed by atoms with van der Waals surface area (Å²) in [4.78, 5) is 2.49. The molecule has 3 nitrogen and oxygen atoms in total. The summed E-state index contributed by atoms with van der Waals surface area (Å²) in [6, 6.07) is 11.8. The summed E-state index contributed by atoms with van der Waals surface area (Å²) in [7, 11) is 1.79. The van der Waals surface area contributed by atoms with Crippen molar-refractivity contribution in [1.29, 1.82) is 0 Å². The molecular formula is C17H28N2O. The zero-order valence-corrected chi connectivity index (χ0v) is 13.0. The summed E-state index contributed by atoms with van der Waals surface area (Å²) in [6.07, 6.45) is 2.42. The third kappa shape index (κ3) is 4.22. The van der Waals surface area contributed by atoms with Crippen molar-refractivity contribution in [3.63, 3.8) is 0 Å². The number of hydrogen-bond donors (Lipinski definition) is 1. The molecule has 1 aromatic carbocycles. The van der Waals surface area contributed by atoms with Crippen LogP contribution in [-0.2, 0) is 4.74 Å². The van der Waals surface area contributed by atoms with E-state index in [2.05, 4.69) is 54.4 Å². The summed E-state index contributed by atoms with van der Waals surface area (Å²) >= 11 is 0. The van der Waals surface area contributed by atoms with Gasteiger partial charge >= 0.3 is 0 Å². The van der Waals surface area contributed by atoms with Gasteiger partial charge in [-0.2, -0.15) is 0 Å². The molecule has 3 heteroatoms. The first-order chi connectivity index (χ1) is 9.70. The molecule has 20 heavy (non-hydrogen) atoms. The zero-order valence-electron chi connectivity index (χ0n) is 13.0. The Hall–Kier alpha value is -1.06. The second kappa shape index (κ2) is 7.65. The maximum absolute atomic E-state index is 5.32. The Kier molecular flexibility index (Phi) is 5.86. The molecule has 1 aromatic rings. The highest BCUT2D eigenvalue weighted by Gasteiger charge is 2.23. The largest absolute Gasteiger partial charge is 0.383 e. The van der Waals surface area contributed by atoms with E-state index in [1.54, 1.807) is 7.11 Å². The molecule has 0 saturated carbocycles. The van der Waals surface area contributed by atoms with E-state index in [0.29, 0.717) is 18.0 Å². The van der Waals surface area contributed by atoms with Crippen LogP contribution in [0.15, 0.2) is 30.3 Å². The Balaban J connectivity index is 1.82. The molecule has 1 aliphatic rings. The monoisotopic (exact) mass is 276 g/mol. The second-order valence-electron chi connectivity index (χ2n) is 6.07. The molecule has 0 amide bonds. The molecule has 112 valence electrons. The minimum atomic E-state index is 0.466. The van der Waals surface area contributed by atoms with E-state index in [4.69, 9.17) is 4.74 Å². The molecule has 0 aromatic heterocycles. The standard InChI is InChI=1S/C17H28N2O/c1-14(2)17(13-20-3)18-15-9-11-19(12-10-15)16-7-5-4-6-8-16/h4-8,14-15,17-18H,9-13H2,1-3H3. The summed E-state index contributed by atoms with van der Waals surface area (Å²) < 4.78 is 5.32. The minimum absolute atomic E-state index is 0.466. The number of anilines is 1. The quantitative estimate of drug-likeness (QED) is 0.864. The number of hydrogen-bond acceptors (Lipinski definition) is 3. The zero-order chi connectivity index (χ0) is 14.4. The predicted molar refractivity (Wildman–Crippen MR) is 85.3 cm³/mol. The first-order valence-corrected chi connectivity index (χ1v) is 7.75. The van der Waals surface area contributed by atoms with E-state index in [1.165, 1.54) is 18.5 Å². The third-order valence-corrected chi connectivity index (χ3v) is 4.22. The summed E-state index contributed by atoms with van der Waals surface area (Å²) in [6.45, 7) is 7.60. The van der Waals surface area contributed by atoms with Gasteiger partial charge in [0.05, 0.1) is 6.61 Å². The molecule has 1 unspecified atom stereocenters. The normalized spacial score (nSPS) is 18.5. The molecule has 2 rings (SSSR count). The van der Waals surface area contributed by atoms with E-state index in [1.807, 2.05) is 0 Å². The topological polar surface area (TPSA) is 24.5 Å². The van der Waals surface area contributed by atoms with Crippen LogP contribution in [0.5, 0.6) is 0 Å². The minimum Gasteiger partial charge on any atom is -0.383 e. The molecule has 0 spiro atoms. The number of rotatable bonds is 6. The predicted octanol–water partition coefficient (Wildman–Crippen LogP) is 2.92. The molecule has 0 radical (unpaired) electrons. The van der Waals surface area contributed by atoms with Gasteiger partial charge in [0.15, 0.2) is 0 Å². The SMILES string of the molecule is COCC(NC1CCN(c2ccccc2)CC1)C(C)C. The number of benzene rings is 1. The van der Waals surface area contributed by atoms with Crippen LogP contribution in [0.1, 0.15) is 26.7 Å². The van der Waals surface area contributed by atoms with E-state index in [0.717, 1.165) is 19.7 Å². The van der Waals surface area contributed by atoms with Crippen LogP contribution in [-0.4, -0.2) is 38.9 Å². The Morgan fingerprint density at radius 2 is 1.85 bits per heavy atom. The van der Waals surface area contributed by atoms with Crippen molar-refractivity contribution in [3.8, 4) is 0 Å². The molecular weight excluding hydrogens is 248 g/mol. The van der Waals surface area contributed by atoms with Crippen molar-refractivity contribution < 1.29 is 4.74 Å². The highest BCUT2D eigenvalue weighted by atomic mass is 16.5. The highest BCUT2D eigenvalue weighted by Crippen LogP contribution is 2.20. The Bertz CT molecular complexity index is 372. The van der Waals surface area contributed by atoms with Crippen LogP contribution < -0.4 is 10.2 Å². The van der Waals surface area contributed by atoms with Gasteiger partial charge in [-0.25, -0.2) is 0 Å². The van der Waals surface area contributed by atoms with Crippen LogP contribution in [0.25, 0.3) is 0 Å². The number of para-hydroxylation sites is 1. The van der Waals surface area contributed by atoms with Crippen LogP contribution in [0, 0.1) is 5.92 Å².